The lowest BCUT2D eigenvalue weighted by molar-refractivity contribution is -0.118. The summed E-state index contributed by atoms with van der Waals surface area (Å²) in [7, 11) is 0. The largest absolute Gasteiger partial charge is 0.343 e. The molecule has 1 atom stereocenters. The Morgan fingerprint density at radius 1 is 1.70 bits per heavy atom. The molecule has 10 heavy (non-hydrogen) atoms. The van der Waals surface area contributed by atoms with Gasteiger partial charge in [-0.2, -0.15) is 0 Å². The molecule has 1 amide bonds. The van der Waals surface area contributed by atoms with Gasteiger partial charge in [-0.1, -0.05) is 13.8 Å². The van der Waals surface area contributed by atoms with Crippen LogP contribution in [0.25, 0.3) is 0 Å². The molecule has 0 bridgehead atoms. The molecule has 1 aliphatic heterocycles. The van der Waals surface area contributed by atoms with Gasteiger partial charge in [-0.25, -0.2) is 4.39 Å². The van der Waals surface area contributed by atoms with E-state index in [2.05, 4.69) is 5.32 Å². The minimum Gasteiger partial charge on any atom is -0.343 e. The van der Waals surface area contributed by atoms with Crippen molar-refractivity contribution in [3.8, 4) is 0 Å². The summed E-state index contributed by atoms with van der Waals surface area (Å²) < 4.78 is 12.4. The quantitative estimate of drug-likeness (QED) is 0.582. The normalized spacial score (nSPS) is 25.0. The first kappa shape index (κ1) is 7.25. The molecule has 0 aromatic rings. The Hall–Kier alpha value is -0.860. The summed E-state index contributed by atoms with van der Waals surface area (Å²) in [6.07, 6.45) is 1.33. The first-order valence-electron chi connectivity index (χ1n) is 3.29. The van der Waals surface area contributed by atoms with E-state index < -0.39 is 11.7 Å². The highest BCUT2D eigenvalue weighted by atomic mass is 19.1. The van der Waals surface area contributed by atoms with Gasteiger partial charge in [0.15, 0.2) is 5.83 Å². The van der Waals surface area contributed by atoms with Gasteiger partial charge in [0.05, 0.1) is 6.04 Å². The van der Waals surface area contributed by atoms with E-state index in [0.29, 0.717) is 0 Å². The fraction of sp³-hybridized carbons (Fsp3) is 0.571. The molecule has 0 aromatic heterocycles. The van der Waals surface area contributed by atoms with Gasteiger partial charge in [-0.15, -0.1) is 0 Å². The lowest BCUT2D eigenvalue weighted by Crippen LogP contribution is -2.30. The van der Waals surface area contributed by atoms with E-state index in [1.165, 1.54) is 6.08 Å². The molecule has 1 N–H and O–H groups in total. The van der Waals surface area contributed by atoms with Crippen molar-refractivity contribution < 1.29 is 9.18 Å². The van der Waals surface area contributed by atoms with Gasteiger partial charge in [-0.05, 0) is 12.0 Å². The van der Waals surface area contributed by atoms with E-state index in [9.17, 15) is 9.18 Å². The second-order valence-corrected chi connectivity index (χ2v) is 2.76. The topological polar surface area (TPSA) is 29.1 Å². The van der Waals surface area contributed by atoms with E-state index in [1.54, 1.807) is 0 Å². The smallest absolute Gasteiger partial charge is 0.280 e. The van der Waals surface area contributed by atoms with Gasteiger partial charge in [-0.3, -0.25) is 4.79 Å². The third-order valence-corrected chi connectivity index (χ3v) is 1.56. The summed E-state index contributed by atoms with van der Waals surface area (Å²) in [5.74, 6) is -0.977. The highest BCUT2D eigenvalue weighted by molar-refractivity contribution is 5.94. The molecule has 0 saturated heterocycles. The van der Waals surface area contributed by atoms with Crippen LogP contribution in [0.3, 0.4) is 0 Å². The van der Waals surface area contributed by atoms with Gasteiger partial charge in [0, 0.05) is 0 Å². The molecular weight excluding hydrogens is 133 g/mol. The average Bonchev–Trinajstić information content (AvgIpc) is 2.13. The number of carbonyl (C=O) groups is 1. The molecule has 1 unspecified atom stereocenters. The first-order chi connectivity index (χ1) is 4.61. The maximum Gasteiger partial charge on any atom is 0.280 e. The molecule has 0 saturated carbocycles. The second-order valence-electron chi connectivity index (χ2n) is 2.76. The number of halogens is 1. The van der Waals surface area contributed by atoms with Crippen molar-refractivity contribution in [2.45, 2.75) is 19.9 Å². The average molecular weight is 143 g/mol. The van der Waals surface area contributed by atoms with E-state index >= 15 is 0 Å². The summed E-state index contributed by atoms with van der Waals surface area (Å²) in [6, 6.07) is -0.118. The van der Waals surface area contributed by atoms with Crippen molar-refractivity contribution in [3.63, 3.8) is 0 Å². The standard InChI is InChI=1S/C7H10FNO/c1-4(2)6-3-5(8)7(10)9-6/h3-4,6H,1-2H3,(H,9,10). The Labute approximate surface area is 59.1 Å². The molecule has 1 aliphatic rings. The Morgan fingerprint density at radius 2 is 2.30 bits per heavy atom. The van der Waals surface area contributed by atoms with Crippen molar-refractivity contribution in [3.05, 3.63) is 11.9 Å². The highest BCUT2D eigenvalue weighted by Gasteiger charge is 2.24. The van der Waals surface area contributed by atoms with Crippen LogP contribution in [-0.2, 0) is 4.79 Å². The number of rotatable bonds is 1. The molecule has 0 radical (unpaired) electrons. The minimum absolute atomic E-state index is 0.118. The SMILES string of the molecule is CC(C)C1C=C(F)C(=O)N1. The summed E-state index contributed by atoms with van der Waals surface area (Å²) in [5, 5.41) is 2.50. The van der Waals surface area contributed by atoms with E-state index in [4.69, 9.17) is 0 Å². The molecule has 2 nitrogen and oxygen atoms in total. The van der Waals surface area contributed by atoms with Crippen molar-refractivity contribution in [1.29, 1.82) is 0 Å². The minimum atomic E-state index is -0.654. The Balaban J connectivity index is 2.65. The monoisotopic (exact) mass is 143 g/mol. The van der Waals surface area contributed by atoms with Crippen LogP contribution in [0.15, 0.2) is 11.9 Å². The Bertz CT molecular complexity index is 186. The molecule has 0 aliphatic carbocycles. The summed E-state index contributed by atoms with van der Waals surface area (Å²) in [5.41, 5.74) is 0. The third kappa shape index (κ3) is 1.17. The fourth-order valence-corrected chi connectivity index (χ4v) is 0.854. The van der Waals surface area contributed by atoms with Gasteiger partial charge in [0.1, 0.15) is 0 Å². The highest BCUT2D eigenvalue weighted by Crippen LogP contribution is 2.13. The van der Waals surface area contributed by atoms with Crippen LogP contribution < -0.4 is 5.32 Å². The summed E-state index contributed by atoms with van der Waals surface area (Å²) >= 11 is 0. The third-order valence-electron chi connectivity index (χ3n) is 1.56. The van der Waals surface area contributed by atoms with Crippen LogP contribution in [0.4, 0.5) is 4.39 Å². The van der Waals surface area contributed by atoms with Crippen molar-refractivity contribution >= 4 is 5.91 Å². The zero-order valence-corrected chi connectivity index (χ0v) is 6.02. The van der Waals surface area contributed by atoms with Crippen molar-refractivity contribution in [1.82, 2.24) is 5.32 Å². The van der Waals surface area contributed by atoms with Crippen LogP contribution in [0.5, 0.6) is 0 Å². The van der Waals surface area contributed by atoms with Gasteiger partial charge >= 0.3 is 0 Å². The molecule has 0 spiro atoms. The number of hydrogen-bond acceptors (Lipinski definition) is 1. The van der Waals surface area contributed by atoms with Crippen molar-refractivity contribution in [2.75, 3.05) is 0 Å². The number of carbonyl (C=O) groups excluding carboxylic acids is 1. The lowest BCUT2D eigenvalue weighted by Gasteiger charge is -2.11. The molecule has 3 heteroatoms. The zero-order valence-electron chi connectivity index (χ0n) is 6.02. The van der Waals surface area contributed by atoms with Crippen LogP contribution in [0.1, 0.15) is 13.8 Å². The molecule has 1 rings (SSSR count). The number of amides is 1. The molecule has 56 valence electrons. The first-order valence-corrected chi connectivity index (χ1v) is 3.29. The number of hydrogen-bond donors (Lipinski definition) is 1. The predicted octanol–water partition coefficient (Wildman–Crippen LogP) is 0.994. The van der Waals surface area contributed by atoms with Gasteiger partial charge in [0.25, 0.3) is 5.91 Å². The predicted molar refractivity (Wildman–Crippen MR) is 36.0 cm³/mol. The van der Waals surface area contributed by atoms with Crippen LogP contribution in [0, 0.1) is 5.92 Å². The maximum absolute atomic E-state index is 12.4. The summed E-state index contributed by atoms with van der Waals surface area (Å²) in [4.78, 5) is 10.5. The second kappa shape index (κ2) is 2.40. The fourth-order valence-electron chi connectivity index (χ4n) is 0.854. The van der Waals surface area contributed by atoms with E-state index in [-0.39, 0.29) is 12.0 Å². The van der Waals surface area contributed by atoms with E-state index in [0.717, 1.165) is 0 Å². The molecular formula is C7H10FNO. The van der Waals surface area contributed by atoms with Crippen LogP contribution in [-0.4, -0.2) is 11.9 Å². The molecule has 0 aromatic carbocycles. The summed E-state index contributed by atoms with van der Waals surface area (Å²) in [6.45, 7) is 3.86. The van der Waals surface area contributed by atoms with E-state index in [1.807, 2.05) is 13.8 Å². The van der Waals surface area contributed by atoms with Gasteiger partial charge in [0.2, 0.25) is 0 Å². The zero-order chi connectivity index (χ0) is 7.72. The molecule has 0 fully saturated rings. The van der Waals surface area contributed by atoms with Crippen molar-refractivity contribution in [2.24, 2.45) is 5.92 Å². The maximum atomic E-state index is 12.4. The van der Waals surface area contributed by atoms with Gasteiger partial charge < -0.3 is 5.32 Å². The Morgan fingerprint density at radius 3 is 2.50 bits per heavy atom. The molecule has 1 heterocycles. The Kier molecular flexibility index (Phi) is 1.74. The lowest BCUT2D eigenvalue weighted by atomic mass is 10.1. The van der Waals surface area contributed by atoms with Crippen LogP contribution in [0.2, 0.25) is 0 Å². The number of nitrogens with one attached hydrogen (secondary N) is 1. The van der Waals surface area contributed by atoms with Crippen LogP contribution >= 0.6 is 0 Å².